The van der Waals surface area contributed by atoms with Gasteiger partial charge in [0.05, 0.1) is 20.4 Å². The van der Waals surface area contributed by atoms with E-state index in [4.69, 9.17) is 27.9 Å². The van der Waals surface area contributed by atoms with Crippen molar-refractivity contribution in [2.24, 2.45) is 5.41 Å². The number of ketones is 1. The van der Waals surface area contributed by atoms with Gasteiger partial charge in [0.2, 0.25) is 0 Å². The molecule has 1 atom stereocenters. The van der Waals surface area contributed by atoms with Gasteiger partial charge in [-0.25, -0.2) is 0 Å². The average molecular weight is 332 g/mol. The summed E-state index contributed by atoms with van der Waals surface area (Å²) in [4.78, 5) is 22.1. The highest BCUT2D eigenvalue weighted by atomic mass is 35.5. The molecule has 1 aromatic carbocycles. The zero-order valence-corrected chi connectivity index (χ0v) is 13.2. The normalized spacial score (nSPS) is 20.0. The molecule has 1 aliphatic rings. The topological polar surface area (TPSA) is 69.4 Å². The molecule has 1 saturated carbocycles. The molecule has 0 saturated heterocycles. The maximum Gasteiger partial charge on any atom is 0.272 e. The standard InChI is InChI=1S/C14H15Cl2NO4/c1-3-14(4-2)11(18)7-12(14)21-13-9(15)5-8(17(19)20)6-10(13)16/h5-6,12H,3-4,7H2,1-2H3. The minimum absolute atomic E-state index is 0.0784. The fourth-order valence-corrected chi connectivity index (χ4v) is 3.34. The van der Waals surface area contributed by atoms with E-state index in [0.29, 0.717) is 19.3 Å². The minimum atomic E-state index is -0.573. The lowest BCUT2D eigenvalue weighted by Crippen LogP contribution is -2.56. The zero-order chi connectivity index (χ0) is 15.8. The van der Waals surface area contributed by atoms with E-state index in [2.05, 4.69) is 0 Å². The summed E-state index contributed by atoms with van der Waals surface area (Å²) in [5.74, 6) is 0.374. The Kier molecular flexibility index (Phi) is 4.44. The van der Waals surface area contributed by atoms with Crippen molar-refractivity contribution in [1.29, 1.82) is 0 Å². The molecule has 0 heterocycles. The third-order valence-electron chi connectivity index (χ3n) is 4.26. The van der Waals surface area contributed by atoms with Crippen molar-refractivity contribution in [1.82, 2.24) is 0 Å². The summed E-state index contributed by atoms with van der Waals surface area (Å²) in [6.07, 6.45) is 1.37. The van der Waals surface area contributed by atoms with E-state index in [1.807, 2.05) is 13.8 Å². The molecule has 114 valence electrons. The van der Waals surface area contributed by atoms with Crippen LogP contribution in [-0.2, 0) is 4.79 Å². The third-order valence-corrected chi connectivity index (χ3v) is 4.82. The number of halogens is 2. The largest absolute Gasteiger partial charge is 0.486 e. The Morgan fingerprint density at radius 1 is 1.33 bits per heavy atom. The van der Waals surface area contributed by atoms with E-state index < -0.39 is 10.3 Å². The SMILES string of the molecule is CCC1(CC)C(=O)CC1Oc1c(Cl)cc([N+](=O)[O-])cc1Cl. The molecule has 21 heavy (non-hydrogen) atoms. The summed E-state index contributed by atoms with van der Waals surface area (Å²) < 4.78 is 5.81. The number of Topliss-reactive ketones (excluding diaryl/α,β-unsaturated/α-hetero) is 1. The molecule has 7 heteroatoms. The first-order chi connectivity index (χ1) is 9.85. The van der Waals surface area contributed by atoms with E-state index in [0.717, 1.165) is 0 Å². The summed E-state index contributed by atoms with van der Waals surface area (Å²) >= 11 is 12.0. The fourth-order valence-electron chi connectivity index (χ4n) is 2.78. The Bertz CT molecular complexity index is 576. The molecule has 1 fully saturated rings. The molecule has 0 aliphatic heterocycles. The molecule has 0 N–H and O–H groups in total. The number of hydrogen-bond acceptors (Lipinski definition) is 4. The molecule has 0 radical (unpaired) electrons. The van der Waals surface area contributed by atoms with Crippen LogP contribution in [0.15, 0.2) is 12.1 Å². The highest BCUT2D eigenvalue weighted by Gasteiger charge is 2.54. The molecule has 0 spiro atoms. The Balaban J connectivity index is 2.29. The second-order valence-electron chi connectivity index (χ2n) is 5.09. The molecule has 0 aromatic heterocycles. The van der Waals surface area contributed by atoms with Gasteiger partial charge in [-0.2, -0.15) is 0 Å². The first-order valence-electron chi connectivity index (χ1n) is 6.69. The van der Waals surface area contributed by atoms with Crippen LogP contribution in [0, 0.1) is 15.5 Å². The van der Waals surface area contributed by atoms with Gasteiger partial charge in [-0.3, -0.25) is 14.9 Å². The molecule has 1 aromatic rings. The predicted molar refractivity (Wildman–Crippen MR) is 80.2 cm³/mol. The van der Waals surface area contributed by atoms with Crippen LogP contribution < -0.4 is 4.74 Å². The average Bonchev–Trinajstić information content (AvgIpc) is 2.42. The summed E-state index contributed by atoms with van der Waals surface area (Å²) in [6, 6.07) is 2.39. The number of carbonyl (C=O) groups excluding carboxylic acids is 1. The number of nitro benzene ring substituents is 1. The van der Waals surface area contributed by atoms with Crippen LogP contribution in [0.5, 0.6) is 5.75 Å². The fraction of sp³-hybridized carbons (Fsp3) is 0.500. The molecule has 5 nitrogen and oxygen atoms in total. The van der Waals surface area contributed by atoms with Crippen LogP contribution in [0.3, 0.4) is 0 Å². The number of ether oxygens (including phenoxy) is 1. The Morgan fingerprint density at radius 3 is 2.24 bits per heavy atom. The lowest BCUT2D eigenvalue weighted by atomic mass is 9.61. The van der Waals surface area contributed by atoms with Crippen molar-refractivity contribution in [2.45, 2.75) is 39.2 Å². The maximum absolute atomic E-state index is 11.9. The summed E-state index contributed by atoms with van der Waals surface area (Å²) in [5.41, 5.74) is -0.701. The van der Waals surface area contributed by atoms with Crippen LogP contribution in [0.4, 0.5) is 5.69 Å². The second kappa shape index (κ2) is 5.81. The van der Waals surface area contributed by atoms with E-state index in [9.17, 15) is 14.9 Å². The van der Waals surface area contributed by atoms with Gasteiger partial charge in [0.25, 0.3) is 5.69 Å². The quantitative estimate of drug-likeness (QED) is 0.591. The monoisotopic (exact) mass is 331 g/mol. The predicted octanol–water partition coefficient (Wildman–Crippen LogP) is 4.43. The molecule has 0 amide bonds. The highest BCUT2D eigenvalue weighted by molar-refractivity contribution is 6.37. The smallest absolute Gasteiger partial charge is 0.272 e. The number of nitrogens with zero attached hydrogens (tertiary/aromatic N) is 1. The Morgan fingerprint density at radius 2 is 1.86 bits per heavy atom. The first kappa shape index (κ1) is 16.0. The molecule has 1 unspecified atom stereocenters. The first-order valence-corrected chi connectivity index (χ1v) is 7.44. The van der Waals surface area contributed by atoms with Crippen LogP contribution in [-0.4, -0.2) is 16.8 Å². The highest BCUT2D eigenvalue weighted by Crippen LogP contribution is 2.48. The molecule has 0 bridgehead atoms. The molecule has 1 aliphatic carbocycles. The lowest BCUT2D eigenvalue weighted by Gasteiger charge is -2.46. The van der Waals surface area contributed by atoms with Crippen molar-refractivity contribution in [3.63, 3.8) is 0 Å². The number of nitro groups is 1. The van der Waals surface area contributed by atoms with Crippen molar-refractivity contribution in [2.75, 3.05) is 0 Å². The van der Waals surface area contributed by atoms with Gasteiger partial charge in [0.15, 0.2) is 5.75 Å². The van der Waals surface area contributed by atoms with Gasteiger partial charge in [0.1, 0.15) is 11.9 Å². The number of non-ortho nitro benzene ring substituents is 1. The summed E-state index contributed by atoms with van der Waals surface area (Å²) in [7, 11) is 0. The zero-order valence-electron chi connectivity index (χ0n) is 11.7. The molecular weight excluding hydrogens is 317 g/mol. The van der Waals surface area contributed by atoms with Gasteiger partial charge in [-0.15, -0.1) is 0 Å². The van der Waals surface area contributed by atoms with Gasteiger partial charge in [-0.05, 0) is 12.8 Å². The van der Waals surface area contributed by atoms with Gasteiger partial charge in [-0.1, -0.05) is 37.0 Å². The second-order valence-corrected chi connectivity index (χ2v) is 5.91. The van der Waals surface area contributed by atoms with Gasteiger partial charge >= 0.3 is 0 Å². The van der Waals surface area contributed by atoms with E-state index in [1.165, 1.54) is 12.1 Å². The Hall–Kier alpha value is -1.33. The van der Waals surface area contributed by atoms with Crippen LogP contribution in [0.2, 0.25) is 10.0 Å². The Labute approximate surface area is 132 Å². The summed E-state index contributed by atoms with van der Waals surface area (Å²) in [5, 5.41) is 10.9. The third kappa shape index (κ3) is 2.60. The number of benzene rings is 1. The van der Waals surface area contributed by atoms with Crippen LogP contribution in [0.25, 0.3) is 0 Å². The van der Waals surface area contributed by atoms with E-state index in [-0.39, 0.29) is 33.4 Å². The number of hydrogen-bond donors (Lipinski definition) is 0. The maximum atomic E-state index is 11.9. The van der Waals surface area contributed by atoms with Gasteiger partial charge in [0, 0.05) is 18.6 Å². The van der Waals surface area contributed by atoms with Crippen LogP contribution in [0.1, 0.15) is 33.1 Å². The van der Waals surface area contributed by atoms with Crippen molar-refractivity contribution in [3.05, 3.63) is 32.3 Å². The van der Waals surface area contributed by atoms with Crippen molar-refractivity contribution >= 4 is 34.7 Å². The molecular formula is C14H15Cl2NO4. The van der Waals surface area contributed by atoms with Gasteiger partial charge < -0.3 is 4.74 Å². The van der Waals surface area contributed by atoms with Crippen LogP contribution >= 0.6 is 23.2 Å². The molecule has 2 rings (SSSR count). The summed E-state index contributed by atoms with van der Waals surface area (Å²) in [6.45, 7) is 3.88. The minimum Gasteiger partial charge on any atom is -0.486 e. The van der Waals surface area contributed by atoms with E-state index in [1.54, 1.807) is 0 Å². The van der Waals surface area contributed by atoms with Crippen molar-refractivity contribution in [3.8, 4) is 5.75 Å². The van der Waals surface area contributed by atoms with Crippen molar-refractivity contribution < 1.29 is 14.5 Å². The number of rotatable bonds is 5. The van der Waals surface area contributed by atoms with E-state index >= 15 is 0 Å². The number of carbonyl (C=O) groups is 1. The lowest BCUT2D eigenvalue weighted by molar-refractivity contribution is -0.384.